The van der Waals surface area contributed by atoms with Crippen molar-refractivity contribution >= 4 is 15.9 Å². The van der Waals surface area contributed by atoms with Crippen molar-refractivity contribution in [3.63, 3.8) is 0 Å². The smallest absolute Gasteiger partial charge is 0.379 e. The van der Waals surface area contributed by atoms with Gasteiger partial charge in [-0.2, -0.15) is 34.8 Å². The molecule has 14 heavy (non-hydrogen) atoms. The Labute approximate surface area is 73.5 Å². The van der Waals surface area contributed by atoms with Gasteiger partial charge < -0.3 is 5.73 Å². The van der Waals surface area contributed by atoms with Crippen molar-refractivity contribution in [1.29, 1.82) is 0 Å². The normalized spacial score (nSPS) is 15.7. The van der Waals surface area contributed by atoms with Crippen LogP contribution >= 0.6 is 0 Å². The maximum absolute atomic E-state index is 11.5. The van der Waals surface area contributed by atoms with E-state index in [1.54, 1.807) is 0 Å². The van der Waals surface area contributed by atoms with E-state index < -0.39 is 27.5 Å². The molecule has 0 aliphatic rings. The molecule has 4 nitrogen and oxygen atoms in total. The molecule has 0 amide bonds. The van der Waals surface area contributed by atoms with Crippen LogP contribution in [0.1, 0.15) is 0 Å². The molecule has 11 heteroatoms. The average molecular weight is 244 g/mol. The second-order valence-electron chi connectivity index (χ2n) is 1.90. The highest BCUT2D eigenvalue weighted by Crippen LogP contribution is 2.26. The lowest BCUT2D eigenvalue weighted by molar-refractivity contribution is -0.0600. The highest BCUT2D eigenvalue weighted by Gasteiger charge is 2.48. The Kier molecular flexibility index (Phi) is 3.06. The van der Waals surface area contributed by atoms with Crippen LogP contribution in [0.15, 0.2) is 4.40 Å². The van der Waals surface area contributed by atoms with Crippen LogP contribution in [0.25, 0.3) is 0 Å². The molecule has 0 rings (SSSR count). The molecule has 2 N–H and O–H groups in total. The molecule has 0 aliphatic carbocycles. The summed E-state index contributed by atoms with van der Waals surface area (Å²) in [6.07, 6.45) is -5.42. The van der Waals surface area contributed by atoms with Gasteiger partial charge in [0.1, 0.15) is 0 Å². The van der Waals surface area contributed by atoms with Gasteiger partial charge in [0.15, 0.2) is 0 Å². The number of hydrogen-bond acceptors (Lipinski definition) is 2. The molecule has 0 spiro atoms. The van der Waals surface area contributed by atoms with Crippen LogP contribution in [-0.4, -0.2) is 25.9 Å². The Morgan fingerprint density at radius 1 is 1.07 bits per heavy atom. The van der Waals surface area contributed by atoms with Crippen molar-refractivity contribution in [2.75, 3.05) is 0 Å². The molecule has 0 unspecified atom stereocenters. The SMILES string of the molecule is NC(=NS(=O)(=O)C(F)(F)F)C(F)(F)F. The van der Waals surface area contributed by atoms with Crippen molar-refractivity contribution in [2.24, 2.45) is 10.1 Å². The molecule has 0 saturated heterocycles. The minimum Gasteiger partial charge on any atom is -0.379 e. The molecule has 0 radical (unpaired) electrons. The number of amidine groups is 1. The lowest BCUT2D eigenvalue weighted by Crippen LogP contribution is -2.34. The van der Waals surface area contributed by atoms with Crippen molar-refractivity contribution in [1.82, 2.24) is 0 Å². The third kappa shape index (κ3) is 3.05. The zero-order valence-corrected chi connectivity index (χ0v) is 6.83. The predicted molar refractivity (Wildman–Crippen MR) is 32.7 cm³/mol. The molecule has 0 aliphatic heterocycles. The van der Waals surface area contributed by atoms with Crippen LogP contribution in [0.4, 0.5) is 26.3 Å². The zero-order chi connectivity index (χ0) is 11.8. The minimum atomic E-state index is -6.24. The Balaban J connectivity index is 5.23. The maximum atomic E-state index is 11.5. The van der Waals surface area contributed by atoms with Gasteiger partial charge in [-0.3, -0.25) is 0 Å². The van der Waals surface area contributed by atoms with Gasteiger partial charge in [-0.1, -0.05) is 0 Å². The first-order valence-corrected chi connectivity index (χ1v) is 4.06. The fourth-order valence-electron chi connectivity index (χ4n) is 0.233. The molecule has 0 saturated carbocycles. The number of hydrogen-bond donors (Lipinski definition) is 1. The van der Waals surface area contributed by atoms with Crippen molar-refractivity contribution in [2.45, 2.75) is 11.7 Å². The van der Waals surface area contributed by atoms with Crippen LogP contribution in [0, 0.1) is 0 Å². The molecular weight excluding hydrogens is 242 g/mol. The molecule has 0 heterocycles. The summed E-state index contributed by atoms with van der Waals surface area (Å²) in [4.78, 5) is 0. The van der Waals surface area contributed by atoms with Gasteiger partial charge in [-0.05, 0) is 0 Å². The monoisotopic (exact) mass is 244 g/mol. The second-order valence-corrected chi connectivity index (χ2v) is 3.49. The van der Waals surface area contributed by atoms with Gasteiger partial charge in [-0.15, -0.1) is 4.40 Å². The third-order valence-corrected chi connectivity index (χ3v) is 1.82. The molecular formula is C3H2F6N2O2S. The minimum absolute atomic E-state index is 1.37. The first kappa shape index (κ1) is 13.0. The van der Waals surface area contributed by atoms with Gasteiger partial charge in [0.25, 0.3) is 0 Å². The van der Waals surface area contributed by atoms with E-state index in [2.05, 4.69) is 5.73 Å². The van der Waals surface area contributed by atoms with E-state index in [1.165, 1.54) is 4.40 Å². The summed E-state index contributed by atoms with van der Waals surface area (Å²) in [5, 5.41) is 0. The first-order valence-electron chi connectivity index (χ1n) is 2.62. The Morgan fingerprint density at radius 2 is 1.43 bits per heavy atom. The number of sulfonamides is 1. The predicted octanol–water partition coefficient (Wildman–Crippen LogP) is 0.756. The summed E-state index contributed by atoms with van der Waals surface area (Å²) < 4.78 is 90.2. The van der Waals surface area contributed by atoms with Crippen LogP contribution < -0.4 is 5.73 Å². The largest absolute Gasteiger partial charge is 0.518 e. The second kappa shape index (κ2) is 3.29. The van der Waals surface area contributed by atoms with Crippen LogP contribution in [-0.2, 0) is 10.0 Å². The van der Waals surface area contributed by atoms with E-state index in [9.17, 15) is 34.8 Å². The summed E-state index contributed by atoms with van der Waals surface area (Å²) in [7, 11) is -6.24. The standard InChI is InChI=1S/C3H2F6N2O2S/c4-2(5,6)1(10)11-14(12,13)3(7,8)9/h(H2,10,11). The molecule has 0 aromatic heterocycles. The quantitative estimate of drug-likeness (QED) is 0.420. The highest BCUT2D eigenvalue weighted by atomic mass is 32.2. The summed E-state index contributed by atoms with van der Waals surface area (Å²) in [5.74, 6) is -2.57. The van der Waals surface area contributed by atoms with Crippen LogP contribution in [0.3, 0.4) is 0 Å². The van der Waals surface area contributed by atoms with Crippen LogP contribution in [0.2, 0.25) is 0 Å². The number of alkyl halides is 6. The number of nitrogens with two attached hydrogens (primary N) is 1. The topological polar surface area (TPSA) is 72.5 Å². The van der Waals surface area contributed by atoms with Crippen molar-refractivity contribution in [3.05, 3.63) is 0 Å². The Hall–Kier alpha value is -1.00. The van der Waals surface area contributed by atoms with E-state index in [1.807, 2.05) is 0 Å². The third-order valence-electron chi connectivity index (χ3n) is 0.801. The Morgan fingerprint density at radius 3 is 1.64 bits per heavy atom. The number of nitrogens with zero attached hydrogens (tertiary/aromatic N) is 1. The van der Waals surface area contributed by atoms with Crippen molar-refractivity contribution in [3.8, 4) is 0 Å². The average Bonchev–Trinajstić information content (AvgIpc) is 1.80. The van der Waals surface area contributed by atoms with E-state index >= 15 is 0 Å². The lowest BCUT2D eigenvalue weighted by atomic mass is 10.6. The van der Waals surface area contributed by atoms with Crippen molar-refractivity contribution < 1.29 is 34.8 Å². The summed E-state index contributed by atoms with van der Waals surface area (Å²) >= 11 is 0. The fraction of sp³-hybridized carbons (Fsp3) is 0.667. The lowest BCUT2D eigenvalue weighted by Gasteiger charge is -2.06. The van der Waals surface area contributed by atoms with Crippen LogP contribution in [0.5, 0.6) is 0 Å². The number of halogens is 6. The fourth-order valence-corrected chi connectivity index (χ4v) is 0.699. The van der Waals surface area contributed by atoms with E-state index in [0.29, 0.717) is 0 Å². The first-order chi connectivity index (χ1) is 5.88. The summed E-state index contributed by atoms with van der Waals surface area (Å²) in [6.45, 7) is 0. The summed E-state index contributed by atoms with van der Waals surface area (Å²) in [6, 6.07) is 0. The molecule has 0 atom stereocenters. The number of rotatable bonds is 1. The van der Waals surface area contributed by atoms with Gasteiger partial charge >= 0.3 is 21.7 Å². The molecule has 0 aromatic rings. The molecule has 84 valence electrons. The van der Waals surface area contributed by atoms with E-state index in [4.69, 9.17) is 0 Å². The molecule has 0 fully saturated rings. The zero-order valence-electron chi connectivity index (χ0n) is 6.02. The highest BCUT2D eigenvalue weighted by molar-refractivity contribution is 7.91. The molecule has 0 aromatic carbocycles. The Bertz CT molecular complexity index is 337. The van der Waals surface area contributed by atoms with Gasteiger partial charge in [0.2, 0.25) is 5.84 Å². The maximum Gasteiger partial charge on any atom is 0.518 e. The van der Waals surface area contributed by atoms with E-state index in [-0.39, 0.29) is 0 Å². The van der Waals surface area contributed by atoms with E-state index in [0.717, 1.165) is 0 Å². The van der Waals surface area contributed by atoms with Gasteiger partial charge in [-0.25, -0.2) is 0 Å². The molecule has 0 bridgehead atoms. The van der Waals surface area contributed by atoms with Gasteiger partial charge in [0, 0.05) is 0 Å². The summed E-state index contributed by atoms with van der Waals surface area (Å²) in [5.41, 5.74) is -1.92. The van der Waals surface area contributed by atoms with Gasteiger partial charge in [0.05, 0.1) is 0 Å².